The summed E-state index contributed by atoms with van der Waals surface area (Å²) < 4.78 is 1.78. The SMILES string of the molecule is Cn1c(CO)nc2ccc(C=O)cc21. The lowest BCUT2D eigenvalue weighted by Crippen LogP contribution is -1.96. The van der Waals surface area contributed by atoms with E-state index < -0.39 is 0 Å². The number of aliphatic hydroxyl groups excluding tert-OH is 1. The van der Waals surface area contributed by atoms with Crippen LogP contribution in [0.4, 0.5) is 0 Å². The summed E-state index contributed by atoms with van der Waals surface area (Å²) in [7, 11) is 1.81. The maximum atomic E-state index is 10.6. The first-order valence-corrected chi connectivity index (χ1v) is 4.27. The summed E-state index contributed by atoms with van der Waals surface area (Å²) in [6, 6.07) is 5.25. The van der Waals surface area contributed by atoms with Gasteiger partial charge in [0.1, 0.15) is 18.7 Å². The van der Waals surface area contributed by atoms with E-state index in [4.69, 9.17) is 5.11 Å². The predicted molar refractivity (Wildman–Crippen MR) is 52.0 cm³/mol. The smallest absolute Gasteiger partial charge is 0.150 e. The van der Waals surface area contributed by atoms with Gasteiger partial charge in [-0.3, -0.25) is 4.79 Å². The highest BCUT2D eigenvalue weighted by Gasteiger charge is 2.06. The molecule has 2 aromatic rings. The molecule has 0 radical (unpaired) electrons. The highest BCUT2D eigenvalue weighted by atomic mass is 16.3. The minimum Gasteiger partial charge on any atom is -0.388 e. The number of fused-ring (bicyclic) bond motifs is 1. The number of aliphatic hydroxyl groups is 1. The molecular weight excluding hydrogens is 180 g/mol. The van der Waals surface area contributed by atoms with Crippen molar-refractivity contribution < 1.29 is 9.90 Å². The molecule has 1 aromatic carbocycles. The molecule has 4 nitrogen and oxygen atoms in total. The van der Waals surface area contributed by atoms with Crippen molar-refractivity contribution in [2.75, 3.05) is 0 Å². The van der Waals surface area contributed by atoms with Crippen LogP contribution in [-0.4, -0.2) is 20.9 Å². The molecule has 0 unspecified atom stereocenters. The molecule has 1 aromatic heterocycles. The normalized spacial score (nSPS) is 10.7. The third-order valence-corrected chi connectivity index (χ3v) is 2.28. The second-order valence-corrected chi connectivity index (χ2v) is 3.11. The fourth-order valence-electron chi connectivity index (χ4n) is 1.47. The van der Waals surface area contributed by atoms with Gasteiger partial charge < -0.3 is 9.67 Å². The molecular formula is C10H10N2O2. The van der Waals surface area contributed by atoms with E-state index in [1.54, 1.807) is 22.8 Å². The summed E-state index contributed by atoms with van der Waals surface area (Å²) in [5.74, 6) is 0.600. The van der Waals surface area contributed by atoms with E-state index >= 15 is 0 Å². The average Bonchev–Trinajstić information content (AvgIpc) is 2.55. The first-order chi connectivity index (χ1) is 6.76. The molecule has 72 valence electrons. The van der Waals surface area contributed by atoms with Crippen molar-refractivity contribution >= 4 is 17.3 Å². The van der Waals surface area contributed by atoms with Crippen LogP contribution in [0.2, 0.25) is 0 Å². The van der Waals surface area contributed by atoms with Crippen LogP contribution < -0.4 is 0 Å². The quantitative estimate of drug-likeness (QED) is 0.715. The number of imidazole rings is 1. The summed E-state index contributed by atoms with van der Waals surface area (Å²) >= 11 is 0. The number of hydrogen-bond acceptors (Lipinski definition) is 3. The van der Waals surface area contributed by atoms with Crippen LogP contribution >= 0.6 is 0 Å². The zero-order valence-electron chi connectivity index (χ0n) is 7.77. The van der Waals surface area contributed by atoms with Gasteiger partial charge >= 0.3 is 0 Å². The fraction of sp³-hybridized carbons (Fsp3) is 0.200. The third-order valence-electron chi connectivity index (χ3n) is 2.28. The monoisotopic (exact) mass is 190 g/mol. The van der Waals surface area contributed by atoms with Crippen LogP contribution in [0.25, 0.3) is 11.0 Å². The summed E-state index contributed by atoms with van der Waals surface area (Å²) in [6.07, 6.45) is 0.797. The minimum absolute atomic E-state index is 0.0956. The zero-order chi connectivity index (χ0) is 10.1. The number of rotatable bonds is 2. The number of carbonyl (C=O) groups is 1. The number of hydrogen-bond donors (Lipinski definition) is 1. The van der Waals surface area contributed by atoms with Gasteiger partial charge in [0.25, 0.3) is 0 Å². The number of aldehydes is 1. The Bertz CT molecular complexity index is 488. The number of benzene rings is 1. The Labute approximate surface area is 80.8 Å². The lowest BCUT2D eigenvalue weighted by Gasteiger charge is -1.97. The van der Waals surface area contributed by atoms with Gasteiger partial charge in [0.2, 0.25) is 0 Å². The third kappa shape index (κ3) is 1.20. The van der Waals surface area contributed by atoms with Gasteiger partial charge in [-0.15, -0.1) is 0 Å². The largest absolute Gasteiger partial charge is 0.388 e. The van der Waals surface area contributed by atoms with Crippen LogP contribution in [0.3, 0.4) is 0 Å². The molecule has 4 heteroatoms. The molecule has 0 bridgehead atoms. The van der Waals surface area contributed by atoms with Gasteiger partial charge in [0, 0.05) is 12.6 Å². The Morgan fingerprint density at radius 3 is 3.00 bits per heavy atom. The molecule has 0 saturated heterocycles. The summed E-state index contributed by atoms with van der Waals surface area (Å²) in [5, 5.41) is 8.99. The Kier molecular flexibility index (Phi) is 2.05. The molecule has 0 saturated carbocycles. The first kappa shape index (κ1) is 8.90. The molecule has 14 heavy (non-hydrogen) atoms. The number of aryl methyl sites for hydroxylation is 1. The molecule has 0 amide bonds. The predicted octanol–water partition coefficient (Wildman–Crippen LogP) is 0.878. The number of carbonyl (C=O) groups excluding carboxylic acids is 1. The van der Waals surface area contributed by atoms with Crippen molar-refractivity contribution in [2.45, 2.75) is 6.61 Å². The minimum atomic E-state index is -0.0956. The van der Waals surface area contributed by atoms with Crippen molar-refractivity contribution in [3.63, 3.8) is 0 Å². The van der Waals surface area contributed by atoms with E-state index in [0.29, 0.717) is 11.4 Å². The van der Waals surface area contributed by atoms with Gasteiger partial charge in [-0.1, -0.05) is 0 Å². The highest BCUT2D eigenvalue weighted by molar-refractivity contribution is 5.85. The second kappa shape index (κ2) is 3.23. The van der Waals surface area contributed by atoms with Crippen molar-refractivity contribution in [3.8, 4) is 0 Å². The van der Waals surface area contributed by atoms with Crippen LogP contribution in [0.15, 0.2) is 18.2 Å². The van der Waals surface area contributed by atoms with Crippen LogP contribution in [0, 0.1) is 0 Å². The average molecular weight is 190 g/mol. The zero-order valence-corrected chi connectivity index (χ0v) is 7.77. The Balaban J connectivity index is 2.73. The number of aromatic nitrogens is 2. The molecule has 0 spiro atoms. The van der Waals surface area contributed by atoms with Crippen LogP contribution in [0.5, 0.6) is 0 Å². The molecule has 0 atom stereocenters. The fourth-order valence-corrected chi connectivity index (χ4v) is 1.47. The molecule has 1 heterocycles. The van der Waals surface area contributed by atoms with E-state index in [-0.39, 0.29) is 6.61 Å². The van der Waals surface area contributed by atoms with E-state index in [9.17, 15) is 4.79 Å². The van der Waals surface area contributed by atoms with Crippen LogP contribution in [0.1, 0.15) is 16.2 Å². The maximum Gasteiger partial charge on any atom is 0.150 e. The van der Waals surface area contributed by atoms with E-state index in [1.165, 1.54) is 0 Å². The highest BCUT2D eigenvalue weighted by Crippen LogP contribution is 2.15. The number of nitrogens with zero attached hydrogens (tertiary/aromatic N) is 2. The lowest BCUT2D eigenvalue weighted by molar-refractivity contribution is 0.112. The molecule has 0 fully saturated rings. The second-order valence-electron chi connectivity index (χ2n) is 3.11. The van der Waals surface area contributed by atoms with Crippen molar-refractivity contribution in [1.29, 1.82) is 0 Å². The van der Waals surface area contributed by atoms with Crippen molar-refractivity contribution in [3.05, 3.63) is 29.6 Å². The van der Waals surface area contributed by atoms with Crippen LogP contribution in [-0.2, 0) is 13.7 Å². The lowest BCUT2D eigenvalue weighted by atomic mass is 10.2. The Morgan fingerprint density at radius 1 is 1.57 bits per heavy atom. The Hall–Kier alpha value is -1.68. The van der Waals surface area contributed by atoms with Crippen molar-refractivity contribution in [1.82, 2.24) is 9.55 Å². The van der Waals surface area contributed by atoms with Gasteiger partial charge in [-0.2, -0.15) is 0 Å². The topological polar surface area (TPSA) is 55.1 Å². The maximum absolute atomic E-state index is 10.6. The van der Waals surface area contributed by atoms with Gasteiger partial charge in [-0.05, 0) is 18.2 Å². The standard InChI is InChI=1S/C10H10N2O2/c1-12-9-4-7(5-13)2-3-8(9)11-10(12)6-14/h2-5,14H,6H2,1H3. The van der Waals surface area contributed by atoms with Gasteiger partial charge in [-0.25, -0.2) is 4.98 Å². The van der Waals surface area contributed by atoms with E-state index in [2.05, 4.69) is 4.98 Å². The van der Waals surface area contributed by atoms with E-state index in [0.717, 1.165) is 17.3 Å². The molecule has 2 rings (SSSR count). The summed E-state index contributed by atoms with van der Waals surface area (Å²) in [4.78, 5) is 14.8. The molecule has 1 N–H and O–H groups in total. The van der Waals surface area contributed by atoms with E-state index in [1.807, 2.05) is 7.05 Å². The summed E-state index contributed by atoms with van der Waals surface area (Å²) in [6.45, 7) is -0.0956. The van der Waals surface area contributed by atoms with Gasteiger partial charge in [0.15, 0.2) is 0 Å². The molecule has 0 aliphatic rings. The van der Waals surface area contributed by atoms with Crippen molar-refractivity contribution in [2.24, 2.45) is 7.05 Å². The molecule has 0 aliphatic carbocycles. The molecule has 0 aliphatic heterocycles. The first-order valence-electron chi connectivity index (χ1n) is 4.27. The van der Waals surface area contributed by atoms with Gasteiger partial charge in [0.05, 0.1) is 11.0 Å². The summed E-state index contributed by atoms with van der Waals surface area (Å²) in [5.41, 5.74) is 2.27. The Morgan fingerprint density at radius 2 is 2.36 bits per heavy atom.